The van der Waals surface area contributed by atoms with Crippen LogP contribution in [0.25, 0.3) is 0 Å². The summed E-state index contributed by atoms with van der Waals surface area (Å²) < 4.78 is 26.6. The van der Waals surface area contributed by atoms with Gasteiger partial charge in [-0.2, -0.15) is 0 Å². The quantitative estimate of drug-likeness (QED) is 0.909. The Bertz CT molecular complexity index is 549. The van der Waals surface area contributed by atoms with Gasteiger partial charge in [0, 0.05) is 19.1 Å². The number of nitrogens with zero attached hydrogens (tertiary/aromatic N) is 1. The highest BCUT2D eigenvalue weighted by Gasteiger charge is 2.34. The zero-order valence-electron chi connectivity index (χ0n) is 13.0. The first-order chi connectivity index (χ1) is 9.86. The Morgan fingerprint density at radius 3 is 2.33 bits per heavy atom. The van der Waals surface area contributed by atoms with Crippen LogP contribution in [0.4, 0.5) is 0 Å². The molecule has 1 fully saturated rings. The average Bonchev–Trinajstić information content (AvgIpc) is 2.48. The molecule has 0 amide bonds. The second-order valence-corrected chi connectivity index (χ2v) is 8.37. The zero-order chi connectivity index (χ0) is 15.5. The number of hydrogen-bond acceptors (Lipinski definition) is 3. The van der Waals surface area contributed by atoms with E-state index < -0.39 is 16.1 Å². The molecule has 0 saturated carbocycles. The van der Waals surface area contributed by atoms with Gasteiger partial charge in [-0.15, -0.1) is 0 Å². The summed E-state index contributed by atoms with van der Waals surface area (Å²) in [5, 5.41) is 0. The van der Waals surface area contributed by atoms with Crippen LogP contribution < -0.4 is 5.73 Å². The van der Waals surface area contributed by atoms with E-state index >= 15 is 0 Å². The summed E-state index contributed by atoms with van der Waals surface area (Å²) in [7, 11) is -3.28. The molecular weight excluding hydrogens is 284 g/mol. The molecule has 0 spiro atoms. The lowest BCUT2D eigenvalue weighted by Gasteiger charge is -2.38. The molecule has 118 valence electrons. The van der Waals surface area contributed by atoms with Crippen LogP contribution in [0, 0.1) is 5.41 Å². The topological polar surface area (TPSA) is 63.4 Å². The van der Waals surface area contributed by atoms with E-state index in [1.165, 1.54) is 0 Å². The summed E-state index contributed by atoms with van der Waals surface area (Å²) in [5.41, 5.74) is 7.22. The van der Waals surface area contributed by atoms with Crippen molar-refractivity contribution in [1.82, 2.24) is 4.31 Å². The van der Waals surface area contributed by atoms with Gasteiger partial charge in [-0.05, 0) is 23.8 Å². The van der Waals surface area contributed by atoms with E-state index in [9.17, 15) is 8.42 Å². The molecule has 0 aromatic heterocycles. The van der Waals surface area contributed by atoms with Gasteiger partial charge in [0.25, 0.3) is 0 Å². The lowest BCUT2D eigenvalue weighted by molar-refractivity contribution is 0.169. The molecule has 4 nitrogen and oxygen atoms in total. The Morgan fingerprint density at radius 2 is 1.81 bits per heavy atom. The van der Waals surface area contributed by atoms with Crippen molar-refractivity contribution in [3.63, 3.8) is 0 Å². The number of sulfonamides is 1. The zero-order valence-corrected chi connectivity index (χ0v) is 13.8. The molecule has 1 unspecified atom stereocenters. The second-order valence-electron chi connectivity index (χ2n) is 6.36. The number of piperidine rings is 1. The van der Waals surface area contributed by atoms with E-state index in [4.69, 9.17) is 5.73 Å². The molecule has 0 aliphatic carbocycles. The van der Waals surface area contributed by atoms with Gasteiger partial charge in [-0.25, -0.2) is 12.7 Å². The Balaban J connectivity index is 2.00. The van der Waals surface area contributed by atoms with Gasteiger partial charge in [0.15, 0.2) is 0 Å². The normalized spacial score (nSPS) is 21.1. The van der Waals surface area contributed by atoms with Crippen LogP contribution >= 0.6 is 0 Å². The molecule has 21 heavy (non-hydrogen) atoms. The van der Waals surface area contributed by atoms with Gasteiger partial charge < -0.3 is 5.73 Å². The van der Waals surface area contributed by atoms with E-state index in [-0.39, 0.29) is 11.2 Å². The van der Waals surface area contributed by atoms with Crippen molar-refractivity contribution in [3.05, 3.63) is 35.9 Å². The number of nitrogens with two attached hydrogens (primary N) is 1. The molecule has 0 radical (unpaired) electrons. The SMILES string of the molecule is CCC1(C)CCN(S(=O)(=O)CC(N)c2ccccc2)CC1. The monoisotopic (exact) mass is 310 g/mol. The Labute approximate surface area is 128 Å². The maximum absolute atomic E-state index is 12.5. The van der Waals surface area contributed by atoms with Gasteiger partial charge in [0.2, 0.25) is 10.0 Å². The minimum Gasteiger partial charge on any atom is -0.323 e. The molecule has 1 aromatic carbocycles. The fraction of sp³-hybridized carbons (Fsp3) is 0.625. The molecule has 1 aliphatic heterocycles. The van der Waals surface area contributed by atoms with Crippen molar-refractivity contribution in [3.8, 4) is 0 Å². The Kier molecular flexibility index (Phi) is 5.07. The smallest absolute Gasteiger partial charge is 0.215 e. The number of rotatable bonds is 5. The van der Waals surface area contributed by atoms with Crippen molar-refractivity contribution < 1.29 is 8.42 Å². The summed E-state index contributed by atoms with van der Waals surface area (Å²) >= 11 is 0. The first-order valence-corrected chi connectivity index (χ1v) is 9.25. The molecule has 1 atom stereocenters. The molecule has 1 heterocycles. The van der Waals surface area contributed by atoms with E-state index in [0.717, 1.165) is 24.8 Å². The highest BCUT2D eigenvalue weighted by Crippen LogP contribution is 2.35. The Morgan fingerprint density at radius 1 is 1.24 bits per heavy atom. The highest BCUT2D eigenvalue weighted by molar-refractivity contribution is 7.89. The fourth-order valence-corrected chi connectivity index (χ4v) is 4.38. The van der Waals surface area contributed by atoms with E-state index in [1.54, 1.807) is 4.31 Å². The Hall–Kier alpha value is -0.910. The predicted molar refractivity (Wildman–Crippen MR) is 86.4 cm³/mol. The highest BCUT2D eigenvalue weighted by atomic mass is 32.2. The fourth-order valence-electron chi connectivity index (χ4n) is 2.79. The van der Waals surface area contributed by atoms with Crippen molar-refractivity contribution in [2.75, 3.05) is 18.8 Å². The molecular formula is C16H26N2O2S. The second kappa shape index (κ2) is 6.46. The van der Waals surface area contributed by atoms with Gasteiger partial charge in [0.1, 0.15) is 0 Å². The number of benzene rings is 1. The lowest BCUT2D eigenvalue weighted by atomic mass is 9.79. The lowest BCUT2D eigenvalue weighted by Crippen LogP contribution is -2.44. The first kappa shape index (κ1) is 16.5. The van der Waals surface area contributed by atoms with E-state index in [2.05, 4.69) is 13.8 Å². The molecule has 0 bridgehead atoms. The van der Waals surface area contributed by atoms with Crippen molar-refractivity contribution in [2.45, 2.75) is 39.2 Å². The molecule has 1 aliphatic rings. The van der Waals surface area contributed by atoms with Crippen LogP contribution in [0.5, 0.6) is 0 Å². The van der Waals surface area contributed by atoms with Gasteiger partial charge in [-0.3, -0.25) is 0 Å². The predicted octanol–water partition coefficient (Wildman–Crippen LogP) is 2.53. The third-order valence-corrected chi connectivity index (χ3v) is 6.73. The van der Waals surface area contributed by atoms with Crippen LogP contribution in [-0.2, 0) is 10.0 Å². The average molecular weight is 310 g/mol. The van der Waals surface area contributed by atoms with Crippen LogP contribution in [-0.4, -0.2) is 31.6 Å². The van der Waals surface area contributed by atoms with Crippen molar-refractivity contribution in [2.24, 2.45) is 11.1 Å². The summed E-state index contributed by atoms with van der Waals surface area (Å²) in [6.45, 7) is 5.66. The van der Waals surface area contributed by atoms with Crippen molar-refractivity contribution >= 4 is 10.0 Å². The summed E-state index contributed by atoms with van der Waals surface area (Å²) in [5.74, 6) is -0.0140. The maximum Gasteiger partial charge on any atom is 0.215 e. The van der Waals surface area contributed by atoms with Crippen LogP contribution in [0.1, 0.15) is 44.7 Å². The first-order valence-electron chi connectivity index (χ1n) is 7.65. The van der Waals surface area contributed by atoms with E-state index in [0.29, 0.717) is 13.1 Å². The molecule has 2 N–H and O–H groups in total. The van der Waals surface area contributed by atoms with Crippen LogP contribution in [0.15, 0.2) is 30.3 Å². The minimum atomic E-state index is -3.28. The minimum absolute atomic E-state index is 0.0140. The number of hydrogen-bond donors (Lipinski definition) is 1. The van der Waals surface area contributed by atoms with Crippen molar-refractivity contribution in [1.29, 1.82) is 0 Å². The summed E-state index contributed by atoms with van der Waals surface area (Å²) in [6, 6.07) is 8.97. The third kappa shape index (κ3) is 4.05. The van der Waals surface area contributed by atoms with Crippen LogP contribution in [0.3, 0.4) is 0 Å². The van der Waals surface area contributed by atoms with Crippen LogP contribution in [0.2, 0.25) is 0 Å². The van der Waals surface area contributed by atoms with Gasteiger partial charge >= 0.3 is 0 Å². The standard InChI is InChI=1S/C16H26N2O2S/c1-3-16(2)9-11-18(12-10-16)21(19,20)13-15(17)14-7-5-4-6-8-14/h4-8,15H,3,9-13,17H2,1-2H3. The third-order valence-electron chi connectivity index (χ3n) is 4.79. The van der Waals surface area contributed by atoms with E-state index in [1.807, 2.05) is 30.3 Å². The molecule has 2 rings (SSSR count). The molecule has 1 aromatic rings. The van der Waals surface area contributed by atoms with Gasteiger partial charge in [-0.1, -0.05) is 50.6 Å². The molecule has 5 heteroatoms. The maximum atomic E-state index is 12.5. The summed E-state index contributed by atoms with van der Waals surface area (Å²) in [6.07, 6.45) is 2.97. The van der Waals surface area contributed by atoms with Gasteiger partial charge in [0.05, 0.1) is 5.75 Å². The largest absolute Gasteiger partial charge is 0.323 e. The molecule has 1 saturated heterocycles. The summed E-state index contributed by atoms with van der Waals surface area (Å²) in [4.78, 5) is 0.